The van der Waals surface area contributed by atoms with Crippen LogP contribution >= 0.6 is 11.3 Å². The van der Waals surface area contributed by atoms with E-state index in [-0.39, 0.29) is 12.3 Å². The molecule has 2 N–H and O–H groups in total. The largest absolute Gasteiger partial charge is 0.497 e. The number of rotatable bonds is 7. The van der Waals surface area contributed by atoms with E-state index in [1.807, 2.05) is 5.38 Å². The Labute approximate surface area is 154 Å². The predicted molar refractivity (Wildman–Crippen MR) is 99.3 cm³/mol. The van der Waals surface area contributed by atoms with Gasteiger partial charge in [-0.05, 0) is 18.2 Å². The first-order chi connectivity index (χ1) is 12.7. The fraction of sp³-hybridized carbons (Fsp3) is 0.176. The van der Waals surface area contributed by atoms with E-state index in [4.69, 9.17) is 9.47 Å². The molecule has 26 heavy (non-hydrogen) atoms. The van der Waals surface area contributed by atoms with E-state index >= 15 is 0 Å². The zero-order chi connectivity index (χ0) is 18.4. The van der Waals surface area contributed by atoms with Crippen molar-refractivity contribution in [3.63, 3.8) is 0 Å². The average Bonchev–Trinajstić information content (AvgIpc) is 3.09. The number of nitrogens with one attached hydrogen (secondary N) is 2. The maximum Gasteiger partial charge on any atom is 0.230 e. The molecular formula is C17H17N5O3S. The number of thiazole rings is 1. The molecule has 0 fully saturated rings. The number of ether oxygens (including phenoxy) is 2. The Morgan fingerprint density at radius 3 is 2.73 bits per heavy atom. The highest BCUT2D eigenvalue weighted by atomic mass is 32.1. The third-order valence-electron chi connectivity index (χ3n) is 3.36. The summed E-state index contributed by atoms with van der Waals surface area (Å²) in [6.45, 7) is 0. The van der Waals surface area contributed by atoms with E-state index in [9.17, 15) is 4.79 Å². The number of anilines is 3. The standard InChI is InChI=1S/C17H17N5O3S/c1-24-12-4-5-14(25-2)13(9-12)21-15(23)8-11-10-26-17(20-11)22-16-18-6-3-7-19-16/h3-7,9-10H,8H2,1-2H3,(H,21,23)(H,18,19,20,22). The highest BCUT2D eigenvalue weighted by Gasteiger charge is 2.12. The number of carbonyl (C=O) groups is 1. The summed E-state index contributed by atoms with van der Waals surface area (Å²) < 4.78 is 10.4. The van der Waals surface area contributed by atoms with Crippen LogP contribution in [0.5, 0.6) is 11.5 Å². The van der Waals surface area contributed by atoms with E-state index in [1.54, 1.807) is 50.9 Å². The Morgan fingerprint density at radius 1 is 1.19 bits per heavy atom. The molecule has 9 heteroatoms. The lowest BCUT2D eigenvalue weighted by Crippen LogP contribution is -2.15. The summed E-state index contributed by atoms with van der Waals surface area (Å²) in [5.74, 6) is 1.44. The summed E-state index contributed by atoms with van der Waals surface area (Å²) in [6, 6.07) is 6.94. The van der Waals surface area contributed by atoms with Crippen LogP contribution in [-0.4, -0.2) is 35.1 Å². The van der Waals surface area contributed by atoms with Gasteiger partial charge in [-0.15, -0.1) is 11.3 Å². The monoisotopic (exact) mass is 371 g/mol. The lowest BCUT2D eigenvalue weighted by molar-refractivity contribution is -0.115. The molecule has 3 aromatic rings. The zero-order valence-electron chi connectivity index (χ0n) is 14.2. The number of carbonyl (C=O) groups excluding carboxylic acids is 1. The van der Waals surface area contributed by atoms with Crippen molar-refractivity contribution in [2.75, 3.05) is 24.9 Å². The third kappa shape index (κ3) is 4.45. The lowest BCUT2D eigenvalue weighted by Gasteiger charge is -2.11. The molecule has 0 atom stereocenters. The van der Waals surface area contributed by atoms with Crippen LogP contribution in [0.1, 0.15) is 5.69 Å². The van der Waals surface area contributed by atoms with Crippen molar-refractivity contribution >= 4 is 34.0 Å². The molecule has 0 saturated heterocycles. The molecular weight excluding hydrogens is 354 g/mol. The number of hydrogen-bond acceptors (Lipinski definition) is 8. The van der Waals surface area contributed by atoms with Gasteiger partial charge in [0.1, 0.15) is 11.5 Å². The van der Waals surface area contributed by atoms with Gasteiger partial charge in [-0.2, -0.15) is 0 Å². The molecule has 1 aromatic carbocycles. The Balaban J connectivity index is 1.64. The van der Waals surface area contributed by atoms with Crippen molar-refractivity contribution < 1.29 is 14.3 Å². The lowest BCUT2D eigenvalue weighted by atomic mass is 10.2. The number of hydrogen-bond donors (Lipinski definition) is 2. The molecule has 3 rings (SSSR count). The van der Waals surface area contributed by atoms with Crippen LogP contribution in [0.2, 0.25) is 0 Å². The quantitative estimate of drug-likeness (QED) is 0.659. The second kappa shape index (κ2) is 8.26. The maximum atomic E-state index is 12.3. The van der Waals surface area contributed by atoms with Gasteiger partial charge in [0.05, 0.1) is 32.0 Å². The smallest absolute Gasteiger partial charge is 0.230 e. The van der Waals surface area contributed by atoms with E-state index in [2.05, 4.69) is 25.6 Å². The molecule has 0 aliphatic heterocycles. The Bertz CT molecular complexity index is 885. The van der Waals surface area contributed by atoms with Crippen molar-refractivity contribution in [3.05, 3.63) is 47.7 Å². The number of nitrogens with zero attached hydrogens (tertiary/aromatic N) is 3. The molecule has 0 aliphatic carbocycles. The fourth-order valence-corrected chi connectivity index (χ4v) is 2.88. The minimum atomic E-state index is -0.204. The first kappa shape index (κ1) is 17.6. The SMILES string of the molecule is COc1ccc(OC)c(NC(=O)Cc2csc(Nc3ncccn3)n2)c1. The second-order valence-electron chi connectivity index (χ2n) is 5.13. The molecule has 0 radical (unpaired) electrons. The summed E-state index contributed by atoms with van der Waals surface area (Å²) in [5, 5.41) is 8.25. The fourth-order valence-electron chi connectivity index (χ4n) is 2.18. The van der Waals surface area contributed by atoms with Gasteiger partial charge in [-0.25, -0.2) is 15.0 Å². The molecule has 0 saturated carbocycles. The molecule has 2 aromatic heterocycles. The minimum absolute atomic E-state index is 0.133. The highest BCUT2D eigenvalue weighted by Crippen LogP contribution is 2.29. The summed E-state index contributed by atoms with van der Waals surface area (Å²) in [7, 11) is 3.11. The van der Waals surface area contributed by atoms with Crippen LogP contribution in [0.3, 0.4) is 0 Å². The van der Waals surface area contributed by atoms with Gasteiger partial charge in [-0.3, -0.25) is 4.79 Å². The van der Waals surface area contributed by atoms with Crippen molar-refractivity contribution in [1.29, 1.82) is 0 Å². The molecule has 8 nitrogen and oxygen atoms in total. The van der Waals surface area contributed by atoms with Crippen molar-refractivity contribution in [1.82, 2.24) is 15.0 Å². The maximum absolute atomic E-state index is 12.3. The molecule has 2 heterocycles. The van der Waals surface area contributed by atoms with Crippen LogP contribution in [0.25, 0.3) is 0 Å². The van der Waals surface area contributed by atoms with Gasteiger partial charge in [0.25, 0.3) is 0 Å². The first-order valence-corrected chi connectivity index (χ1v) is 8.56. The second-order valence-corrected chi connectivity index (χ2v) is 5.99. The van der Waals surface area contributed by atoms with Crippen LogP contribution in [0.4, 0.5) is 16.8 Å². The summed E-state index contributed by atoms with van der Waals surface area (Å²) in [5.41, 5.74) is 1.19. The third-order valence-corrected chi connectivity index (χ3v) is 4.17. The molecule has 0 unspecified atom stereocenters. The Hall–Kier alpha value is -3.20. The van der Waals surface area contributed by atoms with Gasteiger partial charge in [0.2, 0.25) is 11.9 Å². The predicted octanol–water partition coefficient (Wildman–Crippen LogP) is 2.88. The van der Waals surface area contributed by atoms with Crippen LogP contribution in [0.15, 0.2) is 42.0 Å². The molecule has 1 amide bonds. The van der Waals surface area contributed by atoms with Crippen molar-refractivity contribution in [2.45, 2.75) is 6.42 Å². The topological polar surface area (TPSA) is 98.3 Å². The van der Waals surface area contributed by atoms with E-state index in [0.717, 1.165) is 0 Å². The molecule has 134 valence electrons. The number of aromatic nitrogens is 3. The van der Waals surface area contributed by atoms with Gasteiger partial charge in [0.15, 0.2) is 5.13 Å². The molecule has 0 spiro atoms. The summed E-state index contributed by atoms with van der Waals surface area (Å²) >= 11 is 1.38. The van der Waals surface area contributed by atoms with Crippen LogP contribution < -0.4 is 20.1 Å². The van der Waals surface area contributed by atoms with Gasteiger partial charge in [-0.1, -0.05) is 0 Å². The van der Waals surface area contributed by atoms with E-state index in [0.29, 0.717) is 34.0 Å². The first-order valence-electron chi connectivity index (χ1n) is 7.68. The van der Waals surface area contributed by atoms with Crippen molar-refractivity contribution in [2.24, 2.45) is 0 Å². The molecule has 0 aliphatic rings. The van der Waals surface area contributed by atoms with Gasteiger partial charge < -0.3 is 20.1 Å². The number of amides is 1. The van der Waals surface area contributed by atoms with Crippen LogP contribution in [0, 0.1) is 0 Å². The zero-order valence-corrected chi connectivity index (χ0v) is 15.0. The van der Waals surface area contributed by atoms with E-state index < -0.39 is 0 Å². The number of methoxy groups -OCH3 is 2. The van der Waals surface area contributed by atoms with Gasteiger partial charge >= 0.3 is 0 Å². The van der Waals surface area contributed by atoms with Crippen LogP contribution in [-0.2, 0) is 11.2 Å². The highest BCUT2D eigenvalue weighted by molar-refractivity contribution is 7.13. The van der Waals surface area contributed by atoms with Crippen molar-refractivity contribution in [3.8, 4) is 11.5 Å². The van der Waals surface area contributed by atoms with E-state index in [1.165, 1.54) is 11.3 Å². The summed E-state index contributed by atoms with van der Waals surface area (Å²) in [4.78, 5) is 24.9. The molecule has 0 bridgehead atoms. The normalized spacial score (nSPS) is 10.2. The Kier molecular flexibility index (Phi) is 5.59. The summed E-state index contributed by atoms with van der Waals surface area (Å²) in [6.07, 6.45) is 3.41. The Morgan fingerprint density at radius 2 is 2.00 bits per heavy atom. The van der Waals surface area contributed by atoms with Gasteiger partial charge in [0, 0.05) is 23.8 Å². The minimum Gasteiger partial charge on any atom is -0.497 e. The number of benzene rings is 1. The average molecular weight is 371 g/mol.